The van der Waals surface area contributed by atoms with Gasteiger partial charge in [0.25, 0.3) is 11.8 Å². The van der Waals surface area contributed by atoms with Crippen LogP contribution in [0.3, 0.4) is 0 Å². The SMILES string of the molecule is C=CC1=CCC2(Cl)C(=O)N(c3c(F)c(F)c(F)c(F)c3F)C(=O)C2(Cl)C1c1cc(C)c(O)c(C)c1. The Kier molecular flexibility index (Phi) is 5.80. The average molecular weight is 532 g/mol. The number of hydrogen-bond donors (Lipinski definition) is 1. The van der Waals surface area contributed by atoms with Crippen molar-refractivity contribution in [3.05, 3.63) is 82.2 Å². The Hall–Kier alpha value is -2.91. The first-order valence-electron chi connectivity index (χ1n) is 10.1. The second-order valence-electron chi connectivity index (χ2n) is 8.43. The molecule has 1 fully saturated rings. The summed E-state index contributed by atoms with van der Waals surface area (Å²) in [6, 6.07) is 2.96. The molecular formula is C24H16Cl2F5NO3. The van der Waals surface area contributed by atoms with E-state index in [2.05, 4.69) is 6.58 Å². The predicted molar refractivity (Wildman–Crippen MR) is 119 cm³/mol. The highest BCUT2D eigenvalue weighted by Crippen LogP contribution is 2.60. The van der Waals surface area contributed by atoms with Crippen LogP contribution in [0.5, 0.6) is 5.75 Å². The zero-order chi connectivity index (χ0) is 26.2. The van der Waals surface area contributed by atoms with E-state index in [0.717, 1.165) is 0 Å². The van der Waals surface area contributed by atoms with E-state index in [1.807, 2.05) is 0 Å². The van der Waals surface area contributed by atoms with Crippen molar-refractivity contribution in [3.8, 4) is 5.75 Å². The van der Waals surface area contributed by atoms with Crippen molar-refractivity contribution in [3.63, 3.8) is 0 Å². The van der Waals surface area contributed by atoms with Gasteiger partial charge in [-0.25, -0.2) is 26.9 Å². The number of carbonyl (C=O) groups is 2. The lowest BCUT2D eigenvalue weighted by atomic mass is 9.68. The molecule has 2 aliphatic rings. The number of alkyl halides is 2. The van der Waals surface area contributed by atoms with E-state index < -0.39 is 68.7 Å². The van der Waals surface area contributed by atoms with Gasteiger partial charge in [-0.1, -0.05) is 30.9 Å². The highest BCUT2D eigenvalue weighted by atomic mass is 35.5. The first-order chi connectivity index (χ1) is 16.2. The average Bonchev–Trinajstić information content (AvgIpc) is 2.97. The van der Waals surface area contributed by atoms with Crippen LogP contribution in [0.2, 0.25) is 0 Å². The van der Waals surface area contributed by atoms with Crippen LogP contribution in [-0.4, -0.2) is 26.7 Å². The molecule has 1 heterocycles. The van der Waals surface area contributed by atoms with Crippen molar-refractivity contribution in [2.75, 3.05) is 4.90 Å². The molecule has 3 unspecified atom stereocenters. The van der Waals surface area contributed by atoms with Gasteiger partial charge in [0.05, 0.1) is 0 Å². The van der Waals surface area contributed by atoms with Gasteiger partial charge in [0, 0.05) is 5.92 Å². The topological polar surface area (TPSA) is 57.6 Å². The number of rotatable bonds is 3. The Bertz CT molecular complexity index is 1330. The lowest BCUT2D eigenvalue weighted by molar-refractivity contribution is -0.122. The monoisotopic (exact) mass is 531 g/mol. The highest BCUT2D eigenvalue weighted by Gasteiger charge is 2.73. The highest BCUT2D eigenvalue weighted by molar-refractivity contribution is 6.58. The first-order valence-corrected chi connectivity index (χ1v) is 10.9. The van der Waals surface area contributed by atoms with Crippen LogP contribution in [0.15, 0.2) is 36.4 Å². The van der Waals surface area contributed by atoms with Crippen molar-refractivity contribution in [1.29, 1.82) is 0 Å². The first kappa shape index (κ1) is 25.2. The summed E-state index contributed by atoms with van der Waals surface area (Å²) >= 11 is 13.5. The number of imide groups is 1. The molecule has 0 bridgehead atoms. The molecule has 4 rings (SSSR count). The standard InChI is InChI=1S/C24H16Cl2F5NO3/c1-4-11-5-6-23(25)21(34)32(19-17(30)15(28)14(27)16(29)18(19)31)22(35)24(23,26)13(11)12-7-9(2)20(33)10(3)8-12/h4-5,7-8,13,33H,1,6H2,2-3H3. The van der Waals surface area contributed by atoms with Crippen molar-refractivity contribution >= 4 is 40.7 Å². The Morgan fingerprint density at radius 1 is 0.971 bits per heavy atom. The zero-order valence-electron chi connectivity index (χ0n) is 18.2. The summed E-state index contributed by atoms with van der Waals surface area (Å²) in [7, 11) is 0. The summed E-state index contributed by atoms with van der Waals surface area (Å²) in [6.45, 7) is 6.83. The Morgan fingerprint density at radius 2 is 1.46 bits per heavy atom. The summed E-state index contributed by atoms with van der Waals surface area (Å²) in [5.74, 6) is -16.1. The number of phenols is 1. The van der Waals surface area contributed by atoms with E-state index in [1.165, 1.54) is 24.3 Å². The zero-order valence-corrected chi connectivity index (χ0v) is 19.7. The van der Waals surface area contributed by atoms with Crippen LogP contribution in [0.1, 0.15) is 29.0 Å². The Morgan fingerprint density at radius 3 is 1.94 bits per heavy atom. The quantitative estimate of drug-likeness (QED) is 0.178. The van der Waals surface area contributed by atoms with Gasteiger partial charge in [-0.15, -0.1) is 23.2 Å². The normalized spacial score (nSPS) is 26.1. The van der Waals surface area contributed by atoms with E-state index in [9.17, 15) is 36.6 Å². The van der Waals surface area contributed by atoms with Crippen LogP contribution in [0.25, 0.3) is 0 Å². The number of anilines is 1. The number of aryl methyl sites for hydroxylation is 2. The van der Waals surface area contributed by atoms with Crippen LogP contribution in [0, 0.1) is 42.9 Å². The summed E-state index contributed by atoms with van der Waals surface area (Å²) in [5, 5.41) is 10.2. The van der Waals surface area contributed by atoms with Gasteiger partial charge in [0.15, 0.2) is 33.0 Å². The third-order valence-electron chi connectivity index (χ3n) is 6.48. The number of halogens is 7. The third-order valence-corrected chi connectivity index (χ3v) is 7.89. The summed E-state index contributed by atoms with van der Waals surface area (Å²) in [4.78, 5) is 22.1. The Labute approximate surface area is 206 Å². The number of carbonyl (C=O) groups excluding carboxylic acids is 2. The van der Waals surface area contributed by atoms with Gasteiger partial charge < -0.3 is 5.11 Å². The summed E-state index contributed by atoms with van der Waals surface area (Å²) in [5.41, 5.74) is -0.335. The van der Waals surface area contributed by atoms with E-state index in [0.29, 0.717) is 22.3 Å². The molecule has 2 aromatic carbocycles. The smallest absolute Gasteiger partial charge is 0.258 e. The number of nitrogens with zero attached hydrogens (tertiary/aromatic N) is 1. The number of benzene rings is 2. The van der Waals surface area contributed by atoms with Gasteiger partial charge in [-0.2, -0.15) is 0 Å². The Balaban J connectivity index is 2.01. The molecule has 184 valence electrons. The predicted octanol–water partition coefficient (Wildman–Crippen LogP) is 5.83. The molecule has 1 aliphatic heterocycles. The van der Waals surface area contributed by atoms with Gasteiger partial charge in [0.1, 0.15) is 11.4 Å². The fraction of sp³-hybridized carbons (Fsp3) is 0.250. The molecule has 35 heavy (non-hydrogen) atoms. The molecule has 1 aliphatic carbocycles. The van der Waals surface area contributed by atoms with Crippen LogP contribution < -0.4 is 4.90 Å². The van der Waals surface area contributed by atoms with Crippen LogP contribution in [0.4, 0.5) is 27.6 Å². The summed E-state index contributed by atoms with van der Waals surface area (Å²) < 4.78 is 70.7. The summed E-state index contributed by atoms with van der Waals surface area (Å²) in [6.07, 6.45) is 2.40. The third kappa shape index (κ3) is 3.10. The van der Waals surface area contributed by atoms with Gasteiger partial charge in [-0.3, -0.25) is 9.59 Å². The van der Waals surface area contributed by atoms with Crippen LogP contribution >= 0.6 is 23.2 Å². The number of fused-ring (bicyclic) bond motifs is 1. The molecule has 3 atom stereocenters. The minimum atomic E-state index is -2.45. The fourth-order valence-corrected chi connectivity index (χ4v) is 5.57. The molecule has 1 N–H and O–H groups in total. The lowest BCUT2D eigenvalue weighted by Gasteiger charge is -2.42. The van der Waals surface area contributed by atoms with Crippen molar-refractivity contribution in [1.82, 2.24) is 0 Å². The molecule has 0 saturated carbocycles. The number of allylic oxidation sites excluding steroid dienone is 3. The maximum atomic E-state index is 14.6. The molecule has 2 aromatic rings. The van der Waals surface area contributed by atoms with Crippen molar-refractivity contribution < 1.29 is 36.6 Å². The molecule has 0 spiro atoms. The second-order valence-corrected chi connectivity index (χ2v) is 9.67. The minimum absolute atomic E-state index is 0.0358. The van der Waals surface area contributed by atoms with Crippen LogP contribution in [-0.2, 0) is 9.59 Å². The molecule has 0 radical (unpaired) electrons. The van der Waals surface area contributed by atoms with Gasteiger partial charge in [0.2, 0.25) is 5.82 Å². The maximum absolute atomic E-state index is 14.6. The number of hydrogen-bond acceptors (Lipinski definition) is 3. The van der Waals surface area contributed by atoms with E-state index in [1.54, 1.807) is 13.8 Å². The molecule has 4 nitrogen and oxygen atoms in total. The van der Waals surface area contributed by atoms with E-state index >= 15 is 0 Å². The van der Waals surface area contributed by atoms with E-state index in [4.69, 9.17) is 23.2 Å². The number of aromatic hydroxyl groups is 1. The van der Waals surface area contributed by atoms with E-state index in [-0.39, 0.29) is 10.6 Å². The van der Waals surface area contributed by atoms with Crippen molar-refractivity contribution in [2.45, 2.75) is 35.9 Å². The molecule has 0 aromatic heterocycles. The molecular weight excluding hydrogens is 516 g/mol. The number of amides is 2. The number of phenolic OH excluding ortho intramolecular Hbond substituents is 1. The molecule has 1 saturated heterocycles. The molecule has 2 amide bonds. The maximum Gasteiger partial charge on any atom is 0.258 e. The second kappa shape index (κ2) is 8.06. The largest absolute Gasteiger partial charge is 0.507 e. The molecule has 11 heteroatoms. The fourth-order valence-electron chi connectivity index (χ4n) is 4.72. The van der Waals surface area contributed by atoms with Gasteiger partial charge in [-0.05, 0) is 42.5 Å². The van der Waals surface area contributed by atoms with Crippen molar-refractivity contribution in [2.24, 2.45) is 0 Å². The lowest BCUT2D eigenvalue weighted by Crippen LogP contribution is -2.54. The minimum Gasteiger partial charge on any atom is -0.507 e. The van der Waals surface area contributed by atoms with Gasteiger partial charge >= 0.3 is 0 Å².